The van der Waals surface area contributed by atoms with E-state index in [0.717, 1.165) is 67.9 Å². The first-order chi connectivity index (χ1) is 13.1. The third kappa shape index (κ3) is 3.27. The molecule has 0 amide bonds. The van der Waals surface area contributed by atoms with Gasteiger partial charge in [0.05, 0.1) is 25.8 Å². The van der Waals surface area contributed by atoms with E-state index in [9.17, 15) is 4.79 Å². The van der Waals surface area contributed by atoms with Crippen molar-refractivity contribution in [3.8, 4) is 5.75 Å². The highest BCUT2D eigenvalue weighted by Crippen LogP contribution is 2.39. The van der Waals surface area contributed by atoms with Gasteiger partial charge in [-0.2, -0.15) is 0 Å². The summed E-state index contributed by atoms with van der Waals surface area (Å²) in [5.41, 5.74) is 4.68. The Balaban J connectivity index is 1.73. The Labute approximate surface area is 161 Å². The summed E-state index contributed by atoms with van der Waals surface area (Å²) >= 11 is 0. The number of hydrogen-bond donors (Lipinski definition) is 0. The molecular formula is C22H30N2O3. The van der Waals surface area contributed by atoms with Gasteiger partial charge in [-0.15, -0.1) is 0 Å². The molecule has 0 N–H and O–H groups in total. The maximum absolute atomic E-state index is 13.4. The van der Waals surface area contributed by atoms with Crippen LogP contribution >= 0.6 is 0 Å². The first-order valence-electron chi connectivity index (χ1n) is 10.1. The zero-order valence-electron chi connectivity index (χ0n) is 16.7. The van der Waals surface area contributed by atoms with Crippen LogP contribution < -0.4 is 4.74 Å². The van der Waals surface area contributed by atoms with Gasteiger partial charge in [0.15, 0.2) is 5.78 Å². The molecule has 1 aliphatic heterocycles. The van der Waals surface area contributed by atoms with E-state index in [4.69, 9.17) is 9.47 Å². The highest BCUT2D eigenvalue weighted by Gasteiger charge is 2.27. The molecule has 1 unspecified atom stereocenters. The van der Waals surface area contributed by atoms with Gasteiger partial charge in [-0.25, -0.2) is 0 Å². The van der Waals surface area contributed by atoms with Crippen molar-refractivity contribution < 1.29 is 14.3 Å². The van der Waals surface area contributed by atoms with E-state index in [1.54, 1.807) is 7.11 Å². The van der Waals surface area contributed by atoms with Gasteiger partial charge in [-0.3, -0.25) is 9.69 Å². The van der Waals surface area contributed by atoms with Gasteiger partial charge in [0.2, 0.25) is 0 Å². The zero-order chi connectivity index (χ0) is 19.0. The van der Waals surface area contributed by atoms with Crippen LogP contribution in [-0.4, -0.2) is 55.2 Å². The fraction of sp³-hybridized carbons (Fsp3) is 0.591. The van der Waals surface area contributed by atoms with Crippen molar-refractivity contribution in [2.24, 2.45) is 13.0 Å². The highest BCUT2D eigenvalue weighted by atomic mass is 16.5. The van der Waals surface area contributed by atoms with E-state index in [-0.39, 0.29) is 11.7 Å². The van der Waals surface area contributed by atoms with Crippen LogP contribution in [0.1, 0.15) is 41.4 Å². The van der Waals surface area contributed by atoms with E-state index >= 15 is 0 Å². The van der Waals surface area contributed by atoms with Gasteiger partial charge in [0.25, 0.3) is 0 Å². The van der Waals surface area contributed by atoms with Crippen LogP contribution in [0.3, 0.4) is 0 Å². The van der Waals surface area contributed by atoms with Crippen LogP contribution in [-0.2, 0) is 24.6 Å². The first kappa shape index (κ1) is 18.5. The normalized spacial score (nSPS) is 19.1. The van der Waals surface area contributed by atoms with Crippen LogP contribution in [0.2, 0.25) is 0 Å². The van der Waals surface area contributed by atoms with Gasteiger partial charge in [-0.05, 0) is 43.4 Å². The second-order valence-corrected chi connectivity index (χ2v) is 7.91. The second-order valence-electron chi connectivity index (χ2n) is 7.91. The molecule has 1 saturated heterocycles. The minimum Gasteiger partial charge on any atom is -0.495 e. The lowest BCUT2D eigenvalue weighted by Gasteiger charge is -2.28. The smallest absolute Gasteiger partial charge is 0.167 e. The van der Waals surface area contributed by atoms with Crippen LogP contribution in [0.5, 0.6) is 5.75 Å². The minimum absolute atomic E-state index is 0.0286. The van der Waals surface area contributed by atoms with Gasteiger partial charge >= 0.3 is 0 Å². The summed E-state index contributed by atoms with van der Waals surface area (Å²) in [5, 5.41) is 1.13. The first-order valence-corrected chi connectivity index (χ1v) is 10.1. The fourth-order valence-corrected chi connectivity index (χ4v) is 4.76. The number of rotatable bonds is 5. The average molecular weight is 370 g/mol. The Morgan fingerprint density at radius 1 is 1.22 bits per heavy atom. The van der Waals surface area contributed by atoms with Gasteiger partial charge in [-0.1, -0.05) is 6.92 Å². The number of ketones is 1. The number of hydrogen-bond acceptors (Lipinski definition) is 4. The monoisotopic (exact) mass is 370 g/mol. The summed E-state index contributed by atoms with van der Waals surface area (Å²) in [6.45, 7) is 6.21. The molecule has 27 heavy (non-hydrogen) atoms. The summed E-state index contributed by atoms with van der Waals surface area (Å²) in [5.74, 6) is 1.08. The number of benzene rings is 1. The molecule has 1 aromatic heterocycles. The Kier molecular flexibility index (Phi) is 5.24. The molecule has 5 nitrogen and oxygen atoms in total. The maximum atomic E-state index is 13.4. The molecular weight excluding hydrogens is 340 g/mol. The summed E-state index contributed by atoms with van der Waals surface area (Å²) in [6.07, 6.45) is 4.55. The predicted octanol–water partition coefficient (Wildman–Crippen LogP) is 3.22. The van der Waals surface area contributed by atoms with Crippen molar-refractivity contribution in [1.82, 2.24) is 9.47 Å². The number of morpholine rings is 1. The van der Waals surface area contributed by atoms with Crippen LogP contribution in [0.25, 0.3) is 10.9 Å². The number of ether oxygens (including phenoxy) is 2. The summed E-state index contributed by atoms with van der Waals surface area (Å²) in [7, 11) is 3.82. The summed E-state index contributed by atoms with van der Waals surface area (Å²) in [6, 6.07) is 3.94. The number of carbonyl (C=O) groups excluding carboxylic acids is 1. The van der Waals surface area contributed by atoms with Crippen LogP contribution in [0.4, 0.5) is 0 Å². The lowest BCUT2D eigenvalue weighted by molar-refractivity contribution is 0.0313. The molecule has 0 bridgehead atoms. The van der Waals surface area contributed by atoms with Gasteiger partial charge in [0, 0.05) is 49.2 Å². The molecule has 1 aliphatic carbocycles. The molecule has 0 radical (unpaired) electrons. The Morgan fingerprint density at radius 3 is 2.70 bits per heavy atom. The molecule has 1 atom stereocenters. The number of carbonyl (C=O) groups is 1. The number of Topliss-reactive ketones (excluding diaryl/α,β-unsaturated/α-hetero) is 1. The number of methoxy groups -OCH3 is 1. The van der Waals surface area contributed by atoms with Crippen LogP contribution in [0.15, 0.2) is 12.1 Å². The standard InChI is InChI=1S/C22H30N2O3/c1-15(14-24-10-12-27-13-11-24)22(25)17-8-9-19(26-3)21-20(17)16-6-4-5-7-18(16)23(21)2/h8-9,15H,4-7,10-14H2,1-3H3. The number of aromatic nitrogens is 1. The minimum atomic E-state index is -0.0286. The van der Waals surface area contributed by atoms with E-state index in [1.165, 1.54) is 24.1 Å². The molecule has 1 aromatic carbocycles. The third-order valence-electron chi connectivity index (χ3n) is 6.19. The van der Waals surface area contributed by atoms with Crippen molar-refractivity contribution in [2.75, 3.05) is 40.0 Å². The third-order valence-corrected chi connectivity index (χ3v) is 6.19. The van der Waals surface area contributed by atoms with E-state index < -0.39 is 0 Å². The molecule has 146 valence electrons. The molecule has 0 saturated carbocycles. The second kappa shape index (κ2) is 7.64. The van der Waals surface area contributed by atoms with Crippen molar-refractivity contribution in [1.29, 1.82) is 0 Å². The Hall–Kier alpha value is -1.85. The van der Waals surface area contributed by atoms with Crippen molar-refractivity contribution in [3.63, 3.8) is 0 Å². The molecule has 5 heteroatoms. The maximum Gasteiger partial charge on any atom is 0.167 e. The molecule has 2 aliphatic rings. The highest BCUT2D eigenvalue weighted by molar-refractivity contribution is 6.11. The molecule has 2 aromatic rings. The molecule has 1 fully saturated rings. The largest absolute Gasteiger partial charge is 0.495 e. The summed E-state index contributed by atoms with van der Waals surface area (Å²) < 4.78 is 13.3. The topological polar surface area (TPSA) is 43.7 Å². The van der Waals surface area contributed by atoms with Gasteiger partial charge < -0.3 is 14.0 Å². The summed E-state index contributed by atoms with van der Waals surface area (Å²) in [4.78, 5) is 15.8. The number of aryl methyl sites for hydroxylation is 2. The average Bonchev–Trinajstić information content (AvgIpc) is 3.01. The Morgan fingerprint density at radius 2 is 1.96 bits per heavy atom. The molecule has 2 heterocycles. The fourth-order valence-electron chi connectivity index (χ4n) is 4.76. The van der Waals surface area contributed by atoms with Crippen molar-refractivity contribution in [2.45, 2.75) is 32.6 Å². The predicted molar refractivity (Wildman–Crippen MR) is 107 cm³/mol. The van der Waals surface area contributed by atoms with Crippen LogP contribution in [0, 0.1) is 5.92 Å². The van der Waals surface area contributed by atoms with Crippen molar-refractivity contribution >= 4 is 16.7 Å². The van der Waals surface area contributed by atoms with E-state index in [2.05, 4.69) is 23.4 Å². The zero-order valence-corrected chi connectivity index (χ0v) is 16.7. The quantitative estimate of drug-likeness (QED) is 0.758. The number of fused-ring (bicyclic) bond motifs is 3. The lowest BCUT2D eigenvalue weighted by atomic mass is 9.90. The Bertz CT molecular complexity index is 849. The molecule has 4 rings (SSSR count). The van der Waals surface area contributed by atoms with E-state index in [0.29, 0.717) is 0 Å². The van der Waals surface area contributed by atoms with Crippen molar-refractivity contribution in [3.05, 3.63) is 29.0 Å². The lowest BCUT2D eigenvalue weighted by Crippen LogP contribution is -2.40. The molecule has 0 spiro atoms. The van der Waals surface area contributed by atoms with E-state index in [1.807, 2.05) is 12.1 Å². The number of nitrogens with zero attached hydrogens (tertiary/aromatic N) is 2. The SMILES string of the molecule is COc1ccc(C(=O)C(C)CN2CCOCC2)c2c3c(n(C)c12)CCCC3. The van der Waals surface area contributed by atoms with Gasteiger partial charge in [0.1, 0.15) is 5.75 Å².